The average Bonchev–Trinajstić information content (AvgIpc) is 2.92. The minimum Gasteiger partial charge on any atom is -0.378 e. The third kappa shape index (κ3) is 2.75. The van der Waals surface area contributed by atoms with Crippen molar-refractivity contribution in [1.82, 2.24) is 9.55 Å². The van der Waals surface area contributed by atoms with Gasteiger partial charge in [-0.3, -0.25) is 10.1 Å². The van der Waals surface area contributed by atoms with E-state index in [9.17, 15) is 10.1 Å². The molecule has 0 bridgehead atoms. The Morgan fingerprint density at radius 1 is 1.55 bits per heavy atom. The zero-order valence-corrected chi connectivity index (χ0v) is 10.9. The Hall–Kier alpha value is -2.88. The van der Waals surface area contributed by atoms with Gasteiger partial charge < -0.3 is 9.88 Å². The van der Waals surface area contributed by atoms with Crippen molar-refractivity contribution in [3.8, 4) is 6.07 Å². The van der Waals surface area contributed by atoms with Gasteiger partial charge >= 0.3 is 0 Å². The number of anilines is 1. The van der Waals surface area contributed by atoms with Crippen LogP contribution in [-0.2, 0) is 13.1 Å². The number of imidazole rings is 1. The van der Waals surface area contributed by atoms with Gasteiger partial charge in [-0.1, -0.05) is 0 Å². The lowest BCUT2D eigenvalue weighted by molar-refractivity contribution is -0.384. The highest BCUT2D eigenvalue weighted by molar-refractivity contribution is 5.61. The molecule has 7 heteroatoms. The highest BCUT2D eigenvalue weighted by Gasteiger charge is 2.10. The summed E-state index contributed by atoms with van der Waals surface area (Å²) in [6.07, 6.45) is 3.48. The molecule has 0 atom stereocenters. The summed E-state index contributed by atoms with van der Waals surface area (Å²) in [7, 11) is 0. The maximum atomic E-state index is 10.7. The van der Waals surface area contributed by atoms with Gasteiger partial charge in [0, 0.05) is 24.9 Å². The summed E-state index contributed by atoms with van der Waals surface area (Å²) in [6, 6.07) is 6.14. The summed E-state index contributed by atoms with van der Waals surface area (Å²) in [4.78, 5) is 14.2. The number of non-ortho nitro benzene ring substituents is 1. The number of hydrogen-bond acceptors (Lipinski definition) is 5. The molecule has 7 nitrogen and oxygen atoms in total. The van der Waals surface area contributed by atoms with Gasteiger partial charge in [0.1, 0.15) is 6.07 Å². The fourth-order valence-corrected chi connectivity index (χ4v) is 1.86. The predicted octanol–water partition coefficient (Wildman–Crippen LogP) is 2.29. The van der Waals surface area contributed by atoms with Gasteiger partial charge in [-0.15, -0.1) is 0 Å². The van der Waals surface area contributed by atoms with E-state index in [0.29, 0.717) is 12.2 Å². The normalized spacial score (nSPS) is 10.0. The molecule has 20 heavy (non-hydrogen) atoms. The largest absolute Gasteiger partial charge is 0.378 e. The van der Waals surface area contributed by atoms with Crippen molar-refractivity contribution in [2.45, 2.75) is 20.0 Å². The van der Waals surface area contributed by atoms with Crippen LogP contribution in [0.3, 0.4) is 0 Å². The molecule has 2 aromatic rings. The van der Waals surface area contributed by atoms with Gasteiger partial charge in [0.25, 0.3) is 5.69 Å². The van der Waals surface area contributed by atoms with Crippen LogP contribution in [0.1, 0.15) is 18.2 Å². The van der Waals surface area contributed by atoms with Crippen LogP contribution in [0.2, 0.25) is 0 Å². The molecule has 0 saturated carbocycles. The van der Waals surface area contributed by atoms with Crippen molar-refractivity contribution < 1.29 is 4.92 Å². The van der Waals surface area contributed by atoms with Crippen LogP contribution in [0.4, 0.5) is 11.4 Å². The van der Waals surface area contributed by atoms with Gasteiger partial charge in [-0.05, 0) is 13.0 Å². The van der Waals surface area contributed by atoms with Crippen molar-refractivity contribution >= 4 is 11.4 Å². The number of nitriles is 1. The SMILES string of the molecule is CCn1cncc1CNc1ccc([N+](=O)[O-])cc1C#N. The van der Waals surface area contributed by atoms with E-state index < -0.39 is 4.92 Å². The molecule has 0 saturated heterocycles. The monoisotopic (exact) mass is 271 g/mol. The van der Waals surface area contributed by atoms with Crippen molar-refractivity contribution in [1.29, 1.82) is 5.26 Å². The fourth-order valence-electron chi connectivity index (χ4n) is 1.86. The minimum absolute atomic E-state index is 0.0919. The van der Waals surface area contributed by atoms with Crippen molar-refractivity contribution in [2.75, 3.05) is 5.32 Å². The van der Waals surface area contributed by atoms with Crippen LogP contribution >= 0.6 is 0 Å². The Morgan fingerprint density at radius 2 is 2.35 bits per heavy atom. The van der Waals surface area contributed by atoms with E-state index in [4.69, 9.17) is 5.26 Å². The first-order valence-electron chi connectivity index (χ1n) is 6.07. The maximum Gasteiger partial charge on any atom is 0.270 e. The summed E-state index contributed by atoms with van der Waals surface area (Å²) >= 11 is 0. The molecule has 1 N–H and O–H groups in total. The maximum absolute atomic E-state index is 10.7. The molecule has 0 spiro atoms. The molecule has 1 heterocycles. The molecule has 2 rings (SSSR count). The Morgan fingerprint density at radius 3 is 3.00 bits per heavy atom. The van der Waals surface area contributed by atoms with Crippen molar-refractivity contribution in [3.63, 3.8) is 0 Å². The average molecular weight is 271 g/mol. The number of aryl methyl sites for hydroxylation is 1. The molecule has 0 aliphatic rings. The van der Waals surface area contributed by atoms with Crippen molar-refractivity contribution in [3.05, 3.63) is 52.1 Å². The third-order valence-corrected chi connectivity index (χ3v) is 2.93. The standard InChI is InChI=1S/C13H13N5O2/c1-2-17-9-15-7-12(17)8-16-13-4-3-11(18(19)20)5-10(13)6-14/h3-5,7,9,16H,2,8H2,1H3. The highest BCUT2D eigenvalue weighted by atomic mass is 16.6. The van der Waals surface area contributed by atoms with Gasteiger partial charge in [0.2, 0.25) is 0 Å². The highest BCUT2D eigenvalue weighted by Crippen LogP contribution is 2.21. The Bertz CT molecular complexity index is 672. The topological polar surface area (TPSA) is 96.8 Å². The summed E-state index contributed by atoms with van der Waals surface area (Å²) in [6.45, 7) is 3.32. The van der Waals surface area contributed by atoms with Gasteiger partial charge in [0.05, 0.1) is 34.7 Å². The summed E-state index contributed by atoms with van der Waals surface area (Å²) in [5.74, 6) is 0. The molecule has 1 aromatic carbocycles. The first-order valence-corrected chi connectivity index (χ1v) is 6.07. The predicted molar refractivity (Wildman–Crippen MR) is 73.0 cm³/mol. The molecule has 0 amide bonds. The molecule has 0 aliphatic heterocycles. The van der Waals surface area contributed by atoms with E-state index in [2.05, 4.69) is 10.3 Å². The number of hydrogen-bond donors (Lipinski definition) is 1. The number of aromatic nitrogens is 2. The molecule has 0 unspecified atom stereocenters. The number of nitro benzene ring substituents is 1. The molecule has 0 fully saturated rings. The second-order valence-electron chi connectivity index (χ2n) is 4.12. The van der Waals surface area contributed by atoms with Crippen LogP contribution in [0.5, 0.6) is 0 Å². The van der Waals surface area contributed by atoms with Gasteiger partial charge in [-0.25, -0.2) is 4.98 Å². The van der Waals surface area contributed by atoms with Crippen LogP contribution in [0, 0.1) is 21.4 Å². The first kappa shape index (κ1) is 13.5. The van der Waals surface area contributed by atoms with E-state index in [-0.39, 0.29) is 11.3 Å². The summed E-state index contributed by atoms with van der Waals surface area (Å²) < 4.78 is 1.98. The first-order chi connectivity index (χ1) is 9.65. The van der Waals surface area contributed by atoms with Gasteiger partial charge in [0.15, 0.2) is 0 Å². The summed E-state index contributed by atoms with van der Waals surface area (Å²) in [5.41, 5.74) is 1.71. The van der Waals surface area contributed by atoms with Crippen molar-refractivity contribution in [2.24, 2.45) is 0 Å². The van der Waals surface area contributed by atoms with Crippen LogP contribution in [0.15, 0.2) is 30.7 Å². The molecule has 0 radical (unpaired) electrons. The summed E-state index contributed by atoms with van der Waals surface area (Å²) in [5, 5.41) is 22.8. The second-order valence-corrected chi connectivity index (χ2v) is 4.12. The Labute approximate surface area is 115 Å². The van der Waals surface area contributed by atoms with E-state index in [1.807, 2.05) is 17.6 Å². The van der Waals surface area contributed by atoms with E-state index in [1.165, 1.54) is 12.1 Å². The number of rotatable bonds is 5. The van der Waals surface area contributed by atoms with Gasteiger partial charge in [-0.2, -0.15) is 5.26 Å². The number of nitrogens with one attached hydrogen (secondary N) is 1. The number of benzene rings is 1. The number of nitrogens with zero attached hydrogens (tertiary/aromatic N) is 4. The lowest BCUT2D eigenvalue weighted by Gasteiger charge is -2.09. The lowest BCUT2D eigenvalue weighted by atomic mass is 10.1. The zero-order valence-electron chi connectivity index (χ0n) is 10.9. The molecule has 1 aromatic heterocycles. The Kier molecular flexibility index (Phi) is 3.96. The van der Waals surface area contributed by atoms with E-state index in [0.717, 1.165) is 12.2 Å². The van der Waals surface area contributed by atoms with E-state index >= 15 is 0 Å². The smallest absolute Gasteiger partial charge is 0.270 e. The zero-order chi connectivity index (χ0) is 14.5. The van der Waals surface area contributed by atoms with Crippen LogP contribution < -0.4 is 5.32 Å². The second kappa shape index (κ2) is 5.84. The van der Waals surface area contributed by atoms with Crippen LogP contribution in [0.25, 0.3) is 0 Å². The number of nitro groups is 1. The molecular weight excluding hydrogens is 258 g/mol. The molecular formula is C13H13N5O2. The lowest BCUT2D eigenvalue weighted by Crippen LogP contribution is -2.07. The third-order valence-electron chi connectivity index (χ3n) is 2.93. The fraction of sp³-hybridized carbons (Fsp3) is 0.231. The minimum atomic E-state index is -0.517. The van der Waals surface area contributed by atoms with Crippen LogP contribution in [-0.4, -0.2) is 14.5 Å². The quantitative estimate of drug-likeness (QED) is 0.664. The molecule has 102 valence electrons. The molecule has 0 aliphatic carbocycles. The Balaban J connectivity index is 2.18. The van der Waals surface area contributed by atoms with E-state index in [1.54, 1.807) is 18.6 Å².